The first-order valence-corrected chi connectivity index (χ1v) is 15.4. The van der Waals surface area contributed by atoms with Gasteiger partial charge in [0.15, 0.2) is 31.1 Å². The molecule has 0 spiro atoms. The fourth-order valence-corrected chi connectivity index (χ4v) is 8.02. The fourth-order valence-electron chi connectivity index (χ4n) is 4.08. The summed E-state index contributed by atoms with van der Waals surface area (Å²) in [5.74, 6) is -2.64. The zero-order valence-corrected chi connectivity index (χ0v) is 24.9. The molecule has 0 unspecified atom stereocenters. The third-order valence-corrected chi connectivity index (χ3v) is 10.4. The summed E-state index contributed by atoms with van der Waals surface area (Å²) >= 11 is 16.1. The van der Waals surface area contributed by atoms with Crippen LogP contribution in [0.1, 0.15) is 13.3 Å². The molecule has 3 N–H and O–H groups in total. The number of aliphatic hydroxyl groups is 1. The number of benzene rings is 1. The van der Waals surface area contributed by atoms with Gasteiger partial charge >= 0.3 is 11.9 Å². The van der Waals surface area contributed by atoms with Crippen LogP contribution in [0.4, 0.5) is 0 Å². The van der Waals surface area contributed by atoms with E-state index in [9.17, 15) is 29.4 Å². The van der Waals surface area contributed by atoms with E-state index in [1.807, 2.05) is 12.1 Å². The van der Waals surface area contributed by atoms with Gasteiger partial charge in [0.25, 0.3) is 5.91 Å². The molecule has 2 aliphatic heterocycles. The number of β-lactam (4-membered cyclic amide) rings is 1. The molecule has 4 rings (SSSR count). The highest BCUT2D eigenvalue weighted by atomic mass is 35.5. The van der Waals surface area contributed by atoms with Gasteiger partial charge in [-0.25, -0.2) is 14.2 Å². The number of aliphatic hydroxyl groups excluding tert-OH is 1. The van der Waals surface area contributed by atoms with Gasteiger partial charge in [0.1, 0.15) is 11.1 Å². The van der Waals surface area contributed by atoms with Crippen LogP contribution in [0.15, 0.2) is 63.8 Å². The molecule has 0 saturated carbocycles. The van der Waals surface area contributed by atoms with Gasteiger partial charge in [-0.15, -0.1) is 23.5 Å². The van der Waals surface area contributed by atoms with Crippen molar-refractivity contribution < 1.29 is 39.1 Å². The van der Waals surface area contributed by atoms with Crippen LogP contribution < -0.4 is 4.57 Å². The number of rotatable bonds is 11. The third-order valence-electron chi connectivity index (χ3n) is 6.09. The number of aryl methyl sites for hydroxylation is 1. The molecule has 2 amide bonds. The van der Waals surface area contributed by atoms with E-state index in [1.165, 1.54) is 39.7 Å². The van der Waals surface area contributed by atoms with Crippen molar-refractivity contribution in [2.24, 2.45) is 0 Å². The number of carboxylic acids is 2. The highest BCUT2D eigenvalue weighted by Crippen LogP contribution is 2.46. The Kier molecular flexibility index (Phi) is 9.96. The van der Waals surface area contributed by atoms with E-state index in [0.717, 1.165) is 16.8 Å². The predicted molar refractivity (Wildman–Crippen MR) is 152 cm³/mol. The molecule has 3 heterocycles. The first-order valence-electron chi connectivity index (χ1n) is 11.8. The number of carbonyl (C=O) groups excluding carboxylic acids is 2. The number of halogens is 2. The SMILES string of the molecule is CC(=O)N(Sc1cc(Cl)ccc1Cl)[C@H]1C(=O)N2C(C(=O)O)=C(CSc3cc[n+](CC[C@H](O)C(=O)O)cc3)CS[C@H]12. The maximum atomic E-state index is 13.3. The van der Waals surface area contributed by atoms with Crippen molar-refractivity contribution in [3.63, 3.8) is 0 Å². The van der Waals surface area contributed by atoms with Gasteiger partial charge in [0, 0.05) is 51.8 Å². The average Bonchev–Trinajstić information content (AvgIpc) is 2.91. The van der Waals surface area contributed by atoms with Gasteiger partial charge < -0.3 is 15.3 Å². The Bertz CT molecular complexity index is 1380. The number of hydrogen-bond donors (Lipinski definition) is 3. The zero-order valence-electron chi connectivity index (χ0n) is 20.9. The molecule has 2 aliphatic rings. The summed E-state index contributed by atoms with van der Waals surface area (Å²) in [6.07, 6.45) is 2.13. The second-order valence-corrected chi connectivity index (χ2v) is 12.8. The van der Waals surface area contributed by atoms with E-state index in [4.69, 9.17) is 28.3 Å². The lowest BCUT2D eigenvalue weighted by molar-refractivity contribution is -0.698. The van der Waals surface area contributed by atoms with Crippen LogP contribution >= 0.6 is 58.7 Å². The Morgan fingerprint density at radius 3 is 2.52 bits per heavy atom. The summed E-state index contributed by atoms with van der Waals surface area (Å²) in [7, 11) is 0. The highest BCUT2D eigenvalue weighted by Gasteiger charge is 2.57. The standard InChI is InChI=1S/C25H23Cl2N3O7S3/c1-13(31)30(40-19-10-15(26)2-3-17(19)27)21-22(33)29-20(25(36)37)14(12-39-23(21)29)11-38-16-4-7-28(8-5-16)9-6-18(32)24(34)35/h2-5,7-8,10,18,21,23,32H,6,9,11-12H2,1H3,(H-,34,35,36,37)/p+1/t18-,21-,23+/m0/s1. The molecule has 1 aromatic carbocycles. The van der Waals surface area contributed by atoms with Crippen molar-refractivity contribution in [1.82, 2.24) is 9.21 Å². The van der Waals surface area contributed by atoms with Gasteiger partial charge in [0.05, 0.1) is 5.02 Å². The molecule has 3 atom stereocenters. The van der Waals surface area contributed by atoms with Crippen LogP contribution in [0, 0.1) is 0 Å². The Morgan fingerprint density at radius 2 is 1.90 bits per heavy atom. The molecule has 15 heteroatoms. The molecule has 2 aromatic rings. The van der Waals surface area contributed by atoms with Gasteiger partial charge in [-0.3, -0.25) is 18.8 Å². The maximum Gasteiger partial charge on any atom is 0.352 e. The van der Waals surface area contributed by atoms with Gasteiger partial charge in [-0.05, 0) is 35.7 Å². The molecular weight excluding hydrogens is 621 g/mol. The first-order chi connectivity index (χ1) is 19.0. The van der Waals surface area contributed by atoms with Crippen LogP contribution in [0.5, 0.6) is 0 Å². The number of nitrogens with zero attached hydrogens (tertiary/aromatic N) is 3. The summed E-state index contributed by atoms with van der Waals surface area (Å²) in [6.45, 7) is 1.66. The van der Waals surface area contributed by atoms with E-state index in [2.05, 4.69) is 0 Å². The number of hydrogen-bond acceptors (Lipinski definition) is 8. The van der Waals surface area contributed by atoms with Crippen molar-refractivity contribution in [2.45, 2.75) is 47.2 Å². The largest absolute Gasteiger partial charge is 0.479 e. The van der Waals surface area contributed by atoms with Crippen LogP contribution in [0.25, 0.3) is 0 Å². The van der Waals surface area contributed by atoms with E-state index in [0.29, 0.717) is 38.6 Å². The number of carboxylic acid groups (broad SMARTS) is 2. The van der Waals surface area contributed by atoms with E-state index in [1.54, 1.807) is 35.2 Å². The normalized spacial score (nSPS) is 19.1. The second-order valence-electron chi connectivity index (χ2n) is 8.83. The lowest BCUT2D eigenvalue weighted by atomic mass is 10.0. The second kappa shape index (κ2) is 13.0. The molecule has 0 aliphatic carbocycles. The molecule has 10 nitrogen and oxygen atoms in total. The molecule has 0 radical (unpaired) electrons. The Balaban J connectivity index is 1.45. The van der Waals surface area contributed by atoms with Crippen molar-refractivity contribution in [3.05, 3.63) is 64.0 Å². The number of fused-ring (bicyclic) bond motifs is 1. The predicted octanol–water partition coefficient (Wildman–Crippen LogP) is 3.39. The Hall–Kier alpha value is -2.42. The minimum atomic E-state index is -1.44. The fraction of sp³-hybridized carbons (Fsp3) is 0.320. The number of carbonyl (C=O) groups is 4. The summed E-state index contributed by atoms with van der Waals surface area (Å²) < 4.78 is 3.06. The first kappa shape index (κ1) is 30.5. The summed E-state index contributed by atoms with van der Waals surface area (Å²) in [5.41, 5.74) is 0.521. The van der Waals surface area contributed by atoms with E-state index < -0.39 is 35.4 Å². The van der Waals surface area contributed by atoms with Crippen molar-refractivity contribution in [1.29, 1.82) is 0 Å². The quantitative estimate of drug-likeness (QED) is 0.144. The number of aromatic nitrogens is 1. The van der Waals surface area contributed by atoms with Crippen molar-refractivity contribution in [3.8, 4) is 0 Å². The van der Waals surface area contributed by atoms with E-state index in [-0.39, 0.29) is 18.0 Å². The third kappa shape index (κ3) is 6.72. The summed E-state index contributed by atoms with van der Waals surface area (Å²) in [6, 6.07) is 7.57. The van der Waals surface area contributed by atoms with Crippen molar-refractivity contribution in [2.75, 3.05) is 11.5 Å². The van der Waals surface area contributed by atoms with Crippen LogP contribution in [-0.2, 0) is 25.7 Å². The van der Waals surface area contributed by atoms with Crippen LogP contribution in [0.3, 0.4) is 0 Å². The lowest BCUT2D eigenvalue weighted by Crippen LogP contribution is -2.70. The number of aliphatic carboxylic acids is 2. The molecule has 1 fully saturated rings. The minimum absolute atomic E-state index is 0.0658. The Labute approximate surface area is 252 Å². The minimum Gasteiger partial charge on any atom is -0.479 e. The molecule has 40 heavy (non-hydrogen) atoms. The number of thioether (sulfide) groups is 2. The van der Waals surface area contributed by atoms with Gasteiger partial charge in [-0.2, -0.15) is 0 Å². The maximum absolute atomic E-state index is 13.3. The smallest absolute Gasteiger partial charge is 0.352 e. The lowest BCUT2D eigenvalue weighted by Gasteiger charge is -2.52. The van der Waals surface area contributed by atoms with Crippen LogP contribution in [-0.4, -0.2) is 77.3 Å². The highest BCUT2D eigenvalue weighted by molar-refractivity contribution is 8.01. The molecule has 1 aromatic heterocycles. The molecule has 212 valence electrons. The number of amides is 2. The molecular formula is C25H24Cl2N3O7S3+. The van der Waals surface area contributed by atoms with Gasteiger partial charge in [-0.1, -0.05) is 23.2 Å². The zero-order chi connectivity index (χ0) is 29.1. The monoisotopic (exact) mass is 644 g/mol. The topological polar surface area (TPSA) is 139 Å². The van der Waals surface area contributed by atoms with Gasteiger partial charge in [0.2, 0.25) is 5.91 Å². The van der Waals surface area contributed by atoms with E-state index >= 15 is 0 Å². The summed E-state index contributed by atoms with van der Waals surface area (Å²) in [5, 5.41) is 28.5. The van der Waals surface area contributed by atoms with Crippen LogP contribution in [0.2, 0.25) is 10.0 Å². The molecule has 1 saturated heterocycles. The Morgan fingerprint density at radius 1 is 1.20 bits per heavy atom. The average molecular weight is 646 g/mol. The van der Waals surface area contributed by atoms with Crippen molar-refractivity contribution >= 4 is 82.4 Å². The number of pyridine rings is 1. The summed E-state index contributed by atoms with van der Waals surface area (Å²) in [4.78, 5) is 51.5. The molecule has 0 bridgehead atoms.